The van der Waals surface area contributed by atoms with Gasteiger partial charge in [-0.25, -0.2) is 8.78 Å². The lowest BCUT2D eigenvalue weighted by atomic mass is 9.99. The van der Waals surface area contributed by atoms with Gasteiger partial charge in [0.1, 0.15) is 11.6 Å². The normalized spacial score (nSPS) is 12.4. The Balaban J connectivity index is 2.28. The summed E-state index contributed by atoms with van der Waals surface area (Å²) in [5, 5.41) is 4.16. The molecule has 1 unspecified atom stereocenters. The van der Waals surface area contributed by atoms with Crippen molar-refractivity contribution < 1.29 is 8.78 Å². The highest BCUT2D eigenvalue weighted by molar-refractivity contribution is 6.35. The van der Waals surface area contributed by atoms with Crippen molar-refractivity contribution in [3.63, 3.8) is 0 Å². The highest BCUT2D eigenvalue weighted by Crippen LogP contribution is 2.28. The van der Waals surface area contributed by atoms with Gasteiger partial charge in [-0.3, -0.25) is 0 Å². The van der Waals surface area contributed by atoms with Crippen LogP contribution in [-0.4, -0.2) is 7.05 Å². The molecule has 2 aromatic carbocycles. The zero-order chi connectivity index (χ0) is 14.7. The largest absolute Gasteiger partial charge is 0.313 e. The number of hydrogen-bond donors (Lipinski definition) is 1. The van der Waals surface area contributed by atoms with Crippen LogP contribution < -0.4 is 5.32 Å². The van der Waals surface area contributed by atoms with Crippen LogP contribution in [0.3, 0.4) is 0 Å². The van der Waals surface area contributed by atoms with Crippen LogP contribution in [0.5, 0.6) is 0 Å². The fourth-order valence-electron chi connectivity index (χ4n) is 2.12. The molecule has 2 rings (SSSR count). The van der Waals surface area contributed by atoms with Crippen LogP contribution in [0.2, 0.25) is 10.0 Å². The molecule has 106 valence electrons. The molecule has 0 radical (unpaired) electrons. The third-order valence-electron chi connectivity index (χ3n) is 3.05. The van der Waals surface area contributed by atoms with Gasteiger partial charge in [0, 0.05) is 22.2 Å². The second kappa shape index (κ2) is 6.53. The fourth-order valence-corrected chi connectivity index (χ4v) is 2.66. The van der Waals surface area contributed by atoms with E-state index in [1.807, 2.05) is 6.07 Å². The molecule has 0 heterocycles. The van der Waals surface area contributed by atoms with E-state index >= 15 is 0 Å². The Kier molecular flexibility index (Phi) is 4.97. The van der Waals surface area contributed by atoms with Gasteiger partial charge in [0.05, 0.1) is 0 Å². The van der Waals surface area contributed by atoms with Crippen LogP contribution >= 0.6 is 23.2 Å². The third kappa shape index (κ3) is 3.69. The number of hydrogen-bond acceptors (Lipinski definition) is 1. The van der Waals surface area contributed by atoms with Gasteiger partial charge in [-0.2, -0.15) is 0 Å². The molecule has 0 spiro atoms. The van der Waals surface area contributed by atoms with Gasteiger partial charge < -0.3 is 5.32 Å². The van der Waals surface area contributed by atoms with Crippen LogP contribution in [0.15, 0.2) is 36.4 Å². The zero-order valence-electron chi connectivity index (χ0n) is 10.8. The lowest BCUT2D eigenvalue weighted by molar-refractivity contribution is 0.562. The van der Waals surface area contributed by atoms with Crippen LogP contribution in [0.1, 0.15) is 17.2 Å². The van der Waals surface area contributed by atoms with Crippen molar-refractivity contribution in [2.45, 2.75) is 12.5 Å². The average Bonchev–Trinajstić information content (AvgIpc) is 2.35. The van der Waals surface area contributed by atoms with Gasteiger partial charge in [0.25, 0.3) is 0 Å². The number of rotatable bonds is 4. The number of likely N-dealkylation sites (N-methyl/N-ethyl adjacent to an activating group) is 1. The highest BCUT2D eigenvalue weighted by atomic mass is 35.5. The molecule has 1 nitrogen and oxygen atoms in total. The number of nitrogens with one attached hydrogen (secondary N) is 1. The first-order valence-corrected chi connectivity index (χ1v) is 6.82. The smallest absolute Gasteiger partial charge is 0.126 e. The number of benzene rings is 2. The Hall–Kier alpha value is -1.16. The molecular formula is C15H13Cl2F2N. The van der Waals surface area contributed by atoms with Gasteiger partial charge in [0.2, 0.25) is 0 Å². The minimum atomic E-state index is -0.586. The molecule has 0 bridgehead atoms. The average molecular weight is 316 g/mol. The number of halogens is 4. The quantitative estimate of drug-likeness (QED) is 0.856. The molecule has 0 aliphatic carbocycles. The van der Waals surface area contributed by atoms with E-state index < -0.39 is 11.6 Å². The van der Waals surface area contributed by atoms with E-state index in [0.717, 1.165) is 11.6 Å². The Labute approximate surface area is 126 Å². The molecule has 0 aliphatic heterocycles. The van der Waals surface area contributed by atoms with E-state index in [0.29, 0.717) is 22.0 Å². The van der Waals surface area contributed by atoms with Gasteiger partial charge in [0.15, 0.2) is 0 Å². The molecule has 0 amide bonds. The molecular weight excluding hydrogens is 303 g/mol. The fraction of sp³-hybridized carbons (Fsp3) is 0.200. The van der Waals surface area contributed by atoms with Crippen molar-refractivity contribution in [1.29, 1.82) is 0 Å². The van der Waals surface area contributed by atoms with Gasteiger partial charge in [-0.05, 0) is 48.9 Å². The first-order chi connectivity index (χ1) is 9.49. The van der Waals surface area contributed by atoms with Crippen molar-refractivity contribution in [2.75, 3.05) is 7.05 Å². The van der Waals surface area contributed by atoms with Crippen molar-refractivity contribution in [3.8, 4) is 0 Å². The maximum absolute atomic E-state index is 13.2. The van der Waals surface area contributed by atoms with E-state index in [1.54, 1.807) is 19.2 Å². The summed E-state index contributed by atoms with van der Waals surface area (Å²) in [4.78, 5) is 0. The molecule has 5 heteroatoms. The van der Waals surface area contributed by atoms with E-state index in [-0.39, 0.29) is 6.04 Å². The summed E-state index contributed by atoms with van der Waals surface area (Å²) < 4.78 is 26.4. The minimum absolute atomic E-state index is 0.152. The van der Waals surface area contributed by atoms with Crippen molar-refractivity contribution in [2.24, 2.45) is 0 Å². The molecule has 0 aliphatic rings. The predicted octanol–water partition coefficient (Wildman–Crippen LogP) is 4.77. The first-order valence-electron chi connectivity index (χ1n) is 6.07. The Morgan fingerprint density at radius 3 is 2.25 bits per heavy atom. The molecule has 2 aromatic rings. The van der Waals surface area contributed by atoms with E-state index in [1.165, 1.54) is 12.1 Å². The summed E-state index contributed by atoms with van der Waals surface area (Å²) in [7, 11) is 1.77. The summed E-state index contributed by atoms with van der Waals surface area (Å²) in [6, 6.07) is 8.53. The SMILES string of the molecule is CNC(Cc1cc(F)cc(F)c1)c1ccc(Cl)cc1Cl. The molecule has 20 heavy (non-hydrogen) atoms. The van der Waals surface area contributed by atoms with Gasteiger partial charge in [-0.1, -0.05) is 29.3 Å². The van der Waals surface area contributed by atoms with E-state index in [4.69, 9.17) is 23.2 Å². The second-order valence-corrected chi connectivity index (χ2v) is 5.33. The molecule has 0 saturated carbocycles. The third-order valence-corrected chi connectivity index (χ3v) is 3.61. The van der Waals surface area contributed by atoms with Crippen LogP contribution in [0.25, 0.3) is 0 Å². The van der Waals surface area contributed by atoms with Gasteiger partial charge >= 0.3 is 0 Å². The predicted molar refractivity (Wildman–Crippen MR) is 78.3 cm³/mol. The van der Waals surface area contributed by atoms with Crippen molar-refractivity contribution >= 4 is 23.2 Å². The Bertz CT molecular complexity index is 597. The molecule has 1 N–H and O–H groups in total. The first kappa shape index (κ1) is 15.2. The zero-order valence-corrected chi connectivity index (χ0v) is 12.3. The lowest BCUT2D eigenvalue weighted by Gasteiger charge is -2.18. The van der Waals surface area contributed by atoms with E-state index in [2.05, 4.69) is 5.32 Å². The van der Waals surface area contributed by atoms with E-state index in [9.17, 15) is 8.78 Å². The summed E-state index contributed by atoms with van der Waals surface area (Å²) in [5.74, 6) is -1.17. The molecule has 0 saturated heterocycles. The monoisotopic (exact) mass is 315 g/mol. The lowest BCUT2D eigenvalue weighted by Crippen LogP contribution is -2.19. The van der Waals surface area contributed by atoms with Crippen molar-refractivity contribution in [3.05, 3.63) is 69.2 Å². The van der Waals surface area contributed by atoms with Crippen LogP contribution in [-0.2, 0) is 6.42 Å². The Morgan fingerprint density at radius 1 is 1.05 bits per heavy atom. The molecule has 0 aromatic heterocycles. The molecule has 0 fully saturated rings. The summed E-state index contributed by atoms with van der Waals surface area (Å²) in [5.41, 5.74) is 1.40. The van der Waals surface area contributed by atoms with Crippen LogP contribution in [0, 0.1) is 11.6 Å². The standard InChI is InChI=1S/C15H13Cl2F2N/c1-20-15(13-3-2-10(16)7-14(13)17)6-9-4-11(18)8-12(19)5-9/h2-5,7-8,15,20H,6H2,1H3. The van der Waals surface area contributed by atoms with Crippen LogP contribution in [0.4, 0.5) is 8.78 Å². The molecule has 1 atom stereocenters. The maximum atomic E-state index is 13.2. The van der Waals surface area contributed by atoms with Gasteiger partial charge in [-0.15, -0.1) is 0 Å². The highest BCUT2D eigenvalue weighted by Gasteiger charge is 2.15. The summed E-state index contributed by atoms with van der Waals surface area (Å²) in [6.45, 7) is 0. The second-order valence-electron chi connectivity index (χ2n) is 4.49. The van der Waals surface area contributed by atoms with Crippen molar-refractivity contribution in [1.82, 2.24) is 5.32 Å². The topological polar surface area (TPSA) is 12.0 Å². The summed E-state index contributed by atoms with van der Waals surface area (Å²) in [6.07, 6.45) is 0.423. The Morgan fingerprint density at radius 2 is 1.70 bits per heavy atom. The minimum Gasteiger partial charge on any atom is -0.313 e. The summed E-state index contributed by atoms with van der Waals surface area (Å²) >= 11 is 12.0. The maximum Gasteiger partial charge on any atom is 0.126 e.